The Hall–Kier alpha value is -4.33. The summed E-state index contributed by atoms with van der Waals surface area (Å²) in [5.41, 5.74) is 1.85. The van der Waals surface area contributed by atoms with Crippen molar-refractivity contribution >= 4 is 29.5 Å². The van der Waals surface area contributed by atoms with E-state index in [2.05, 4.69) is 21.3 Å². The van der Waals surface area contributed by atoms with E-state index in [9.17, 15) is 24.0 Å². The highest BCUT2D eigenvalue weighted by atomic mass is 16.5. The maximum absolute atomic E-state index is 14.3. The molecule has 1 aliphatic heterocycles. The molecule has 9 atom stereocenters. The van der Waals surface area contributed by atoms with Crippen molar-refractivity contribution in [2.75, 3.05) is 34.9 Å². The van der Waals surface area contributed by atoms with E-state index in [1.807, 2.05) is 102 Å². The minimum atomic E-state index is -0.835. The molecule has 1 aliphatic rings. The maximum atomic E-state index is 14.3. The SMILES string of the molecule is CC[C@H](C)[C@@H]([C@@H](CC(=O)N1CCC[C@H]1[C@H](OC)[C@@H](C)C(=O)N[C@@H](Cc1ccccc1)C(=O)NCc1ccccc1)OC)N(C)C(=O)[C@@H](NC(=O)[C@@H](NC)C(C)C)C(C)C. The van der Waals surface area contributed by atoms with Crippen LogP contribution in [0, 0.1) is 23.7 Å². The number of likely N-dealkylation sites (tertiary alicyclic amines) is 1. The van der Waals surface area contributed by atoms with Crippen LogP contribution in [0.1, 0.15) is 85.3 Å². The molecule has 0 spiro atoms. The summed E-state index contributed by atoms with van der Waals surface area (Å²) in [5.74, 6) is -2.19. The summed E-state index contributed by atoms with van der Waals surface area (Å²) in [6, 6.07) is 16.2. The van der Waals surface area contributed by atoms with Gasteiger partial charge in [-0.3, -0.25) is 24.0 Å². The number of amides is 5. The Labute approximate surface area is 353 Å². The van der Waals surface area contributed by atoms with Crippen molar-refractivity contribution in [1.29, 1.82) is 0 Å². The molecule has 0 aliphatic carbocycles. The molecular formula is C46H72N6O7. The monoisotopic (exact) mass is 821 g/mol. The molecule has 0 unspecified atom stereocenters. The Bertz CT molecular complexity index is 1630. The molecule has 328 valence electrons. The quantitative estimate of drug-likeness (QED) is 0.129. The molecule has 0 aromatic heterocycles. The van der Waals surface area contributed by atoms with Crippen LogP contribution in [0.2, 0.25) is 0 Å². The molecular weight excluding hydrogens is 749 g/mol. The van der Waals surface area contributed by atoms with Gasteiger partial charge in [-0.1, -0.05) is 116 Å². The van der Waals surface area contributed by atoms with Gasteiger partial charge in [0.15, 0.2) is 0 Å². The number of hydrogen-bond acceptors (Lipinski definition) is 8. The molecule has 2 aromatic carbocycles. The number of carbonyl (C=O) groups is 5. The minimum Gasteiger partial charge on any atom is -0.379 e. The van der Waals surface area contributed by atoms with Crippen LogP contribution in [-0.4, -0.2) is 117 Å². The van der Waals surface area contributed by atoms with Gasteiger partial charge in [0, 0.05) is 40.8 Å². The Morgan fingerprint density at radius 2 is 1.39 bits per heavy atom. The summed E-state index contributed by atoms with van der Waals surface area (Å²) in [5, 5.41) is 12.0. The number of benzene rings is 2. The average Bonchev–Trinajstić information content (AvgIpc) is 3.71. The van der Waals surface area contributed by atoms with E-state index in [1.54, 1.807) is 45.0 Å². The van der Waals surface area contributed by atoms with Gasteiger partial charge in [0.25, 0.3) is 0 Å². The van der Waals surface area contributed by atoms with E-state index in [0.29, 0.717) is 25.9 Å². The molecule has 0 bridgehead atoms. The molecule has 0 saturated carbocycles. The highest BCUT2D eigenvalue weighted by molar-refractivity contribution is 5.90. The van der Waals surface area contributed by atoms with Crippen molar-refractivity contribution in [3.63, 3.8) is 0 Å². The number of hydrogen-bond donors (Lipinski definition) is 4. The average molecular weight is 821 g/mol. The van der Waals surface area contributed by atoms with Crippen molar-refractivity contribution < 1.29 is 33.4 Å². The molecule has 3 rings (SSSR count). The van der Waals surface area contributed by atoms with Crippen LogP contribution in [0.4, 0.5) is 0 Å². The number of nitrogens with one attached hydrogen (secondary N) is 4. The van der Waals surface area contributed by atoms with Crippen molar-refractivity contribution in [1.82, 2.24) is 31.1 Å². The van der Waals surface area contributed by atoms with Crippen molar-refractivity contribution in [3.05, 3.63) is 71.8 Å². The minimum absolute atomic E-state index is 0.00521. The van der Waals surface area contributed by atoms with Gasteiger partial charge >= 0.3 is 0 Å². The second-order valence-corrected chi connectivity index (χ2v) is 16.8. The summed E-state index contributed by atoms with van der Waals surface area (Å²) in [4.78, 5) is 72.8. The maximum Gasteiger partial charge on any atom is 0.245 e. The Kier molecular flexibility index (Phi) is 20.0. The lowest BCUT2D eigenvalue weighted by Gasteiger charge is -2.41. The Morgan fingerprint density at radius 1 is 0.797 bits per heavy atom. The van der Waals surface area contributed by atoms with E-state index < -0.39 is 48.3 Å². The second kappa shape index (κ2) is 24.1. The Morgan fingerprint density at radius 3 is 1.92 bits per heavy atom. The van der Waals surface area contributed by atoms with Gasteiger partial charge in [0.1, 0.15) is 12.1 Å². The number of nitrogens with zero attached hydrogens (tertiary/aromatic N) is 2. The van der Waals surface area contributed by atoms with E-state index in [-0.39, 0.29) is 53.7 Å². The van der Waals surface area contributed by atoms with Crippen LogP contribution in [-0.2, 0) is 46.4 Å². The highest BCUT2D eigenvalue weighted by Gasteiger charge is 2.43. The van der Waals surface area contributed by atoms with E-state index in [0.717, 1.165) is 24.0 Å². The normalized spacial score (nSPS) is 18.3. The number of likely N-dealkylation sites (N-methyl/N-ethyl adjacent to an activating group) is 2. The third kappa shape index (κ3) is 13.6. The molecule has 1 fully saturated rings. The molecule has 5 amide bonds. The molecule has 13 nitrogen and oxygen atoms in total. The summed E-state index contributed by atoms with van der Waals surface area (Å²) < 4.78 is 12.1. The molecule has 2 aromatic rings. The number of rotatable bonds is 23. The molecule has 59 heavy (non-hydrogen) atoms. The highest BCUT2D eigenvalue weighted by Crippen LogP contribution is 2.30. The van der Waals surface area contributed by atoms with Crippen LogP contribution in [0.3, 0.4) is 0 Å². The van der Waals surface area contributed by atoms with Crippen molar-refractivity contribution in [2.45, 2.75) is 130 Å². The fraction of sp³-hybridized carbons (Fsp3) is 0.630. The number of methoxy groups -OCH3 is 2. The van der Waals surface area contributed by atoms with E-state index >= 15 is 0 Å². The van der Waals surface area contributed by atoms with Gasteiger partial charge in [-0.25, -0.2) is 0 Å². The van der Waals surface area contributed by atoms with Crippen molar-refractivity contribution in [3.8, 4) is 0 Å². The number of ether oxygens (including phenoxy) is 2. The molecule has 1 saturated heterocycles. The first-order chi connectivity index (χ1) is 28.1. The first-order valence-electron chi connectivity index (χ1n) is 21.3. The van der Waals surface area contributed by atoms with Gasteiger partial charge < -0.3 is 40.5 Å². The third-order valence-electron chi connectivity index (χ3n) is 12.0. The zero-order chi connectivity index (χ0) is 43.8. The summed E-state index contributed by atoms with van der Waals surface area (Å²) in [7, 11) is 6.56. The standard InChI is InChI=1S/C46H72N6O7/c1-12-31(6)41(51(9)46(57)40(30(4)5)50-45(56)39(47-8)29(2)3)37(58-10)27-38(53)52-25-19-24-36(52)42(59-11)32(7)43(54)49-35(26-33-20-15-13-16-21-33)44(55)48-28-34-22-17-14-18-23-34/h13-18,20-23,29-32,35-37,39-42,47H,12,19,24-28H2,1-11H3,(H,48,55)(H,49,54)(H,50,56)/t31-,32+,35-,36-,37+,39-,40-,41-,42+/m0/s1. The summed E-state index contributed by atoms with van der Waals surface area (Å²) >= 11 is 0. The first-order valence-corrected chi connectivity index (χ1v) is 21.3. The van der Waals surface area contributed by atoms with E-state index in [1.165, 1.54) is 0 Å². The molecule has 13 heteroatoms. The van der Waals surface area contributed by atoms with Crippen LogP contribution in [0.15, 0.2) is 60.7 Å². The van der Waals surface area contributed by atoms with Crippen LogP contribution in [0.25, 0.3) is 0 Å². The van der Waals surface area contributed by atoms with Crippen LogP contribution < -0.4 is 21.3 Å². The molecule has 4 N–H and O–H groups in total. The van der Waals surface area contributed by atoms with Gasteiger partial charge in [-0.05, 0) is 48.8 Å². The first kappa shape index (κ1) is 49.0. The number of carbonyl (C=O) groups excluding carboxylic acids is 5. The summed E-state index contributed by atoms with van der Waals surface area (Å²) in [6.07, 6.45) is 1.11. The van der Waals surface area contributed by atoms with Crippen LogP contribution in [0.5, 0.6) is 0 Å². The van der Waals surface area contributed by atoms with Gasteiger partial charge in [0.05, 0.1) is 42.7 Å². The van der Waals surface area contributed by atoms with Crippen LogP contribution >= 0.6 is 0 Å². The predicted octanol–water partition coefficient (Wildman–Crippen LogP) is 4.34. The van der Waals surface area contributed by atoms with Gasteiger partial charge in [-0.15, -0.1) is 0 Å². The van der Waals surface area contributed by atoms with Crippen molar-refractivity contribution in [2.24, 2.45) is 23.7 Å². The predicted molar refractivity (Wildman–Crippen MR) is 231 cm³/mol. The second-order valence-electron chi connectivity index (χ2n) is 16.8. The summed E-state index contributed by atoms with van der Waals surface area (Å²) in [6.45, 7) is 14.4. The third-order valence-corrected chi connectivity index (χ3v) is 12.0. The van der Waals surface area contributed by atoms with Gasteiger partial charge in [-0.2, -0.15) is 0 Å². The Balaban J connectivity index is 1.79. The topological polar surface area (TPSA) is 158 Å². The molecule has 0 radical (unpaired) electrons. The fourth-order valence-electron chi connectivity index (χ4n) is 8.32. The largest absolute Gasteiger partial charge is 0.379 e. The van der Waals surface area contributed by atoms with Gasteiger partial charge in [0.2, 0.25) is 29.5 Å². The van der Waals surface area contributed by atoms with E-state index in [4.69, 9.17) is 9.47 Å². The molecule has 1 heterocycles. The lowest BCUT2D eigenvalue weighted by Crippen LogP contribution is -2.59. The lowest BCUT2D eigenvalue weighted by atomic mass is 9.89. The zero-order valence-electron chi connectivity index (χ0n) is 37.3. The zero-order valence-corrected chi connectivity index (χ0v) is 37.3. The fourth-order valence-corrected chi connectivity index (χ4v) is 8.32. The lowest BCUT2D eigenvalue weighted by molar-refractivity contribution is -0.148. The smallest absolute Gasteiger partial charge is 0.245 e.